The van der Waals surface area contributed by atoms with Crippen molar-refractivity contribution in [2.75, 3.05) is 17.5 Å². The summed E-state index contributed by atoms with van der Waals surface area (Å²) in [6.45, 7) is 1.63. The number of esters is 1. The Morgan fingerprint density at radius 1 is 0.951 bits per heavy atom. The molecule has 0 amide bonds. The maximum absolute atomic E-state index is 13.8. The van der Waals surface area contributed by atoms with Gasteiger partial charge in [0.25, 0.3) is 15.9 Å². The second kappa shape index (κ2) is 12.3. The second-order valence-electron chi connectivity index (χ2n) is 9.19. The van der Waals surface area contributed by atoms with Crippen LogP contribution in [0.4, 0.5) is 5.69 Å². The molecule has 4 aromatic carbocycles. The molecule has 0 aliphatic carbocycles. The number of fused-ring (bicyclic) bond motifs is 1. The van der Waals surface area contributed by atoms with Crippen molar-refractivity contribution in [3.8, 4) is 22.8 Å². The lowest BCUT2D eigenvalue weighted by Crippen LogP contribution is -2.36. The number of anilines is 1. The molecule has 5 aromatic rings. The van der Waals surface area contributed by atoms with E-state index in [2.05, 4.69) is 10.1 Å². The number of carbonyl (C=O) groups is 1. The summed E-state index contributed by atoms with van der Waals surface area (Å²) < 4.78 is 39.4. The van der Waals surface area contributed by atoms with E-state index < -0.39 is 22.5 Å². The van der Waals surface area contributed by atoms with E-state index in [4.69, 9.17) is 32.5 Å². The van der Waals surface area contributed by atoms with Crippen LogP contribution in [0.3, 0.4) is 0 Å². The first-order chi connectivity index (χ1) is 19.8. The minimum atomic E-state index is -4.26. The molecule has 5 rings (SSSR count). The first kappa shape index (κ1) is 28.6. The summed E-state index contributed by atoms with van der Waals surface area (Å²) in [5.74, 6) is 0.0947. The molecule has 1 heterocycles. The van der Waals surface area contributed by atoms with Crippen LogP contribution in [0.25, 0.3) is 33.6 Å². The van der Waals surface area contributed by atoms with Crippen LogP contribution in [0.2, 0.25) is 10.0 Å². The Hall–Kier alpha value is -3.92. The Labute approximate surface area is 247 Å². The van der Waals surface area contributed by atoms with Crippen molar-refractivity contribution in [2.24, 2.45) is 0 Å². The average molecular weight is 611 g/mol. The fourth-order valence-electron chi connectivity index (χ4n) is 4.27. The fourth-order valence-corrected chi connectivity index (χ4v) is 6.39. The van der Waals surface area contributed by atoms with Crippen molar-refractivity contribution in [2.45, 2.75) is 24.7 Å². The van der Waals surface area contributed by atoms with E-state index in [1.807, 2.05) is 55.5 Å². The number of hydrogen-bond donors (Lipinski definition) is 0. The summed E-state index contributed by atoms with van der Waals surface area (Å²) >= 11 is 12.2. The quantitative estimate of drug-likeness (QED) is 0.120. The zero-order chi connectivity index (χ0) is 29.0. The van der Waals surface area contributed by atoms with E-state index >= 15 is 0 Å². The first-order valence-corrected chi connectivity index (χ1v) is 15.0. The predicted molar refractivity (Wildman–Crippen MR) is 160 cm³/mol. The second-order valence-corrected chi connectivity index (χ2v) is 11.9. The molecule has 0 fully saturated rings. The standard InChI is InChI=1S/C30H25Cl2N3O5S/c1-2-3-14-39-28(36)19-35(41(37,38)25-17-22(31)16-23(32)18-25)24-12-13-26-21(15-24)10-7-11-27(26)29-33-30(40-34-29)20-8-5-4-6-9-20/h4-13,15-18H,2-3,14,19H2,1H3. The van der Waals surface area contributed by atoms with E-state index in [0.717, 1.165) is 21.7 Å². The molecule has 0 saturated carbocycles. The molecular weight excluding hydrogens is 585 g/mol. The van der Waals surface area contributed by atoms with Crippen molar-refractivity contribution >= 4 is 55.7 Å². The number of nitrogens with zero attached hydrogens (tertiary/aromatic N) is 3. The van der Waals surface area contributed by atoms with Crippen molar-refractivity contribution in [3.05, 3.63) is 95.0 Å². The Bertz CT molecular complexity index is 1790. The molecule has 1 aromatic heterocycles. The van der Waals surface area contributed by atoms with Crippen LogP contribution in [0, 0.1) is 0 Å². The Morgan fingerprint density at radius 3 is 2.44 bits per heavy atom. The summed E-state index contributed by atoms with van der Waals surface area (Å²) in [6.07, 6.45) is 1.50. The number of ether oxygens (including phenoxy) is 1. The van der Waals surface area contributed by atoms with Crippen LogP contribution in [-0.4, -0.2) is 37.7 Å². The topological polar surface area (TPSA) is 103 Å². The van der Waals surface area contributed by atoms with Gasteiger partial charge in [-0.2, -0.15) is 4.98 Å². The third kappa shape index (κ3) is 6.37. The normalized spacial score (nSPS) is 11.5. The van der Waals surface area contributed by atoms with Gasteiger partial charge in [-0.3, -0.25) is 9.10 Å². The number of halogens is 2. The van der Waals surface area contributed by atoms with Crippen LogP contribution in [-0.2, 0) is 19.6 Å². The number of aromatic nitrogens is 2. The number of benzene rings is 4. The lowest BCUT2D eigenvalue weighted by atomic mass is 10.0. The number of unbranched alkanes of at least 4 members (excludes halogenated alkanes) is 1. The smallest absolute Gasteiger partial charge is 0.326 e. The van der Waals surface area contributed by atoms with Gasteiger partial charge in [-0.05, 0) is 59.7 Å². The Morgan fingerprint density at radius 2 is 1.71 bits per heavy atom. The van der Waals surface area contributed by atoms with Gasteiger partial charge >= 0.3 is 5.97 Å². The van der Waals surface area contributed by atoms with Gasteiger partial charge in [0.15, 0.2) is 0 Å². The third-order valence-corrected chi connectivity index (χ3v) is 8.49. The zero-order valence-corrected chi connectivity index (χ0v) is 24.3. The maximum atomic E-state index is 13.8. The summed E-state index contributed by atoms with van der Waals surface area (Å²) in [7, 11) is -4.26. The molecule has 0 atom stereocenters. The minimum Gasteiger partial charge on any atom is -0.464 e. The van der Waals surface area contributed by atoms with Crippen LogP contribution in [0.5, 0.6) is 0 Å². The van der Waals surface area contributed by atoms with E-state index in [1.54, 1.807) is 18.2 Å². The van der Waals surface area contributed by atoms with Crippen LogP contribution in [0.1, 0.15) is 19.8 Å². The van der Waals surface area contributed by atoms with Gasteiger partial charge in [0, 0.05) is 21.2 Å². The van der Waals surface area contributed by atoms with Gasteiger partial charge in [0.1, 0.15) is 6.54 Å². The number of sulfonamides is 1. The number of carbonyl (C=O) groups excluding carboxylic acids is 1. The molecule has 0 N–H and O–H groups in total. The van der Waals surface area contributed by atoms with Gasteiger partial charge in [-0.1, -0.05) is 84.2 Å². The van der Waals surface area contributed by atoms with Crippen molar-refractivity contribution < 1.29 is 22.5 Å². The molecule has 0 bridgehead atoms. The monoisotopic (exact) mass is 609 g/mol. The highest BCUT2D eigenvalue weighted by Gasteiger charge is 2.29. The van der Waals surface area contributed by atoms with Crippen molar-refractivity contribution in [1.29, 1.82) is 0 Å². The molecule has 0 aliphatic heterocycles. The lowest BCUT2D eigenvalue weighted by Gasteiger charge is -2.24. The van der Waals surface area contributed by atoms with E-state index in [0.29, 0.717) is 29.1 Å². The zero-order valence-electron chi connectivity index (χ0n) is 22.0. The van der Waals surface area contributed by atoms with E-state index in [-0.39, 0.29) is 27.2 Å². The maximum Gasteiger partial charge on any atom is 0.326 e. The fraction of sp³-hybridized carbons (Fsp3) is 0.167. The Kier molecular flexibility index (Phi) is 8.58. The van der Waals surface area contributed by atoms with Crippen molar-refractivity contribution in [1.82, 2.24) is 10.1 Å². The van der Waals surface area contributed by atoms with Crippen LogP contribution < -0.4 is 4.31 Å². The van der Waals surface area contributed by atoms with Crippen molar-refractivity contribution in [3.63, 3.8) is 0 Å². The highest BCUT2D eigenvalue weighted by Crippen LogP contribution is 2.34. The molecule has 0 aliphatic rings. The molecule has 0 radical (unpaired) electrons. The molecule has 210 valence electrons. The minimum absolute atomic E-state index is 0.148. The van der Waals surface area contributed by atoms with Gasteiger partial charge in [-0.15, -0.1) is 0 Å². The predicted octanol–water partition coefficient (Wildman–Crippen LogP) is 7.40. The lowest BCUT2D eigenvalue weighted by molar-refractivity contribution is -0.141. The summed E-state index contributed by atoms with van der Waals surface area (Å²) in [4.78, 5) is 17.1. The molecule has 0 unspecified atom stereocenters. The summed E-state index contributed by atoms with van der Waals surface area (Å²) in [5, 5.41) is 5.94. The van der Waals surface area contributed by atoms with Gasteiger partial charge in [0.2, 0.25) is 5.82 Å². The average Bonchev–Trinajstić information content (AvgIpc) is 3.46. The summed E-state index contributed by atoms with van der Waals surface area (Å²) in [6, 6.07) is 24.0. The highest BCUT2D eigenvalue weighted by atomic mass is 35.5. The first-order valence-electron chi connectivity index (χ1n) is 12.8. The molecule has 41 heavy (non-hydrogen) atoms. The van der Waals surface area contributed by atoms with Crippen LogP contribution >= 0.6 is 23.2 Å². The third-order valence-electron chi connectivity index (χ3n) is 6.30. The van der Waals surface area contributed by atoms with E-state index in [1.165, 1.54) is 18.2 Å². The molecule has 11 heteroatoms. The molecule has 0 spiro atoms. The molecular formula is C30H25Cl2N3O5S. The number of rotatable bonds is 10. The molecule has 8 nitrogen and oxygen atoms in total. The largest absolute Gasteiger partial charge is 0.464 e. The van der Waals surface area contributed by atoms with Gasteiger partial charge in [-0.25, -0.2) is 8.42 Å². The van der Waals surface area contributed by atoms with Crippen LogP contribution in [0.15, 0.2) is 94.3 Å². The summed E-state index contributed by atoms with van der Waals surface area (Å²) in [5.41, 5.74) is 1.76. The number of hydrogen-bond acceptors (Lipinski definition) is 7. The highest BCUT2D eigenvalue weighted by molar-refractivity contribution is 7.92. The Balaban J connectivity index is 1.55. The van der Waals surface area contributed by atoms with Gasteiger partial charge in [0.05, 0.1) is 17.2 Å². The molecule has 0 saturated heterocycles. The van der Waals surface area contributed by atoms with E-state index in [9.17, 15) is 13.2 Å². The SMILES string of the molecule is CCCCOC(=O)CN(c1ccc2c(-c3noc(-c4ccccc4)n3)cccc2c1)S(=O)(=O)c1cc(Cl)cc(Cl)c1. The van der Waals surface area contributed by atoms with Gasteiger partial charge < -0.3 is 9.26 Å².